The van der Waals surface area contributed by atoms with Gasteiger partial charge in [-0.2, -0.15) is 5.10 Å². The molecule has 80 valence electrons. The number of aliphatic hydroxyl groups excluding tert-OH is 1. The molecule has 5 heteroatoms. The van der Waals surface area contributed by atoms with Gasteiger partial charge in [-0.3, -0.25) is 4.79 Å². The molecule has 0 fully saturated rings. The minimum absolute atomic E-state index is 0.367. The summed E-state index contributed by atoms with van der Waals surface area (Å²) in [6, 6.07) is 0. The Hall–Kier alpha value is -1.13. The van der Waals surface area contributed by atoms with E-state index in [1.165, 1.54) is 11.2 Å². The van der Waals surface area contributed by atoms with Crippen LogP contribution in [-0.4, -0.2) is 33.7 Å². The van der Waals surface area contributed by atoms with Gasteiger partial charge in [0.15, 0.2) is 0 Å². The van der Waals surface area contributed by atoms with Crippen LogP contribution in [0.1, 0.15) is 12.8 Å². The van der Waals surface area contributed by atoms with Crippen molar-refractivity contribution in [1.82, 2.24) is 5.01 Å². The van der Waals surface area contributed by atoms with Crippen LogP contribution < -0.4 is 0 Å². The van der Waals surface area contributed by atoms with Crippen LogP contribution in [0.25, 0.3) is 0 Å². The predicted octanol–water partition coefficient (Wildman–Crippen LogP) is 1.02. The highest BCUT2D eigenvalue weighted by molar-refractivity contribution is 6.32. The van der Waals surface area contributed by atoms with Crippen molar-refractivity contribution in [2.24, 2.45) is 5.10 Å². The first-order valence-corrected chi connectivity index (χ1v) is 5.19. The Balaban J connectivity index is 2.23. The number of carbonyl (C=O) groups excluding carboxylic acids is 1. The van der Waals surface area contributed by atoms with Crippen LogP contribution in [-0.2, 0) is 4.79 Å². The fourth-order valence-electron chi connectivity index (χ4n) is 1.51. The molecule has 0 radical (unpaired) electrons. The summed E-state index contributed by atoms with van der Waals surface area (Å²) in [6.45, 7) is 0. The van der Waals surface area contributed by atoms with Gasteiger partial charge in [0.25, 0.3) is 5.91 Å². The van der Waals surface area contributed by atoms with Gasteiger partial charge >= 0.3 is 0 Å². The van der Waals surface area contributed by atoms with Gasteiger partial charge < -0.3 is 5.11 Å². The third-order valence-corrected chi connectivity index (χ3v) is 2.79. The van der Waals surface area contributed by atoms with Crippen LogP contribution in [0, 0.1) is 0 Å². The number of halogens is 1. The molecule has 1 N–H and O–H groups in total. The average molecular weight is 227 g/mol. The van der Waals surface area contributed by atoms with E-state index in [0.717, 1.165) is 18.5 Å². The first-order valence-electron chi connectivity index (χ1n) is 4.76. The molecule has 1 aliphatic carbocycles. The molecule has 2 atom stereocenters. The quantitative estimate of drug-likeness (QED) is 0.679. The normalized spacial score (nSPS) is 30.7. The maximum Gasteiger partial charge on any atom is 0.268 e. The zero-order valence-electron chi connectivity index (χ0n) is 8.01. The Kier molecular flexibility index (Phi) is 2.88. The first kappa shape index (κ1) is 10.4. The number of carbonyl (C=O) groups is 1. The molecule has 1 amide bonds. The second-order valence-corrected chi connectivity index (χ2v) is 3.90. The van der Waals surface area contributed by atoms with Gasteiger partial charge in [0.2, 0.25) is 0 Å². The minimum Gasteiger partial charge on any atom is -0.385 e. The van der Waals surface area contributed by atoms with E-state index >= 15 is 0 Å². The van der Waals surface area contributed by atoms with E-state index in [1.54, 1.807) is 0 Å². The molecule has 0 spiro atoms. The van der Waals surface area contributed by atoms with Crippen LogP contribution >= 0.6 is 11.6 Å². The summed E-state index contributed by atoms with van der Waals surface area (Å²) in [5, 5.41) is 13.5. The highest BCUT2D eigenvalue weighted by atomic mass is 35.5. The Morgan fingerprint density at radius 2 is 2.40 bits per heavy atom. The van der Waals surface area contributed by atoms with E-state index in [0.29, 0.717) is 0 Å². The molecule has 0 saturated heterocycles. The highest BCUT2D eigenvalue weighted by Crippen LogP contribution is 2.22. The molecule has 1 heterocycles. The van der Waals surface area contributed by atoms with Crippen molar-refractivity contribution < 1.29 is 9.90 Å². The summed E-state index contributed by atoms with van der Waals surface area (Å²) < 4.78 is 0. The van der Waals surface area contributed by atoms with Crippen molar-refractivity contribution in [2.75, 3.05) is 0 Å². The first-order chi connectivity index (χ1) is 7.20. The molecule has 0 aromatic carbocycles. The Bertz CT molecular complexity index is 362. The summed E-state index contributed by atoms with van der Waals surface area (Å²) in [7, 11) is 0. The van der Waals surface area contributed by atoms with Gasteiger partial charge in [-0.25, -0.2) is 5.01 Å². The SMILES string of the molecule is O=C1C(Cl)C(O)C=NN1C1=CC=CCC1. The molecule has 15 heavy (non-hydrogen) atoms. The van der Waals surface area contributed by atoms with Crippen LogP contribution in [0.5, 0.6) is 0 Å². The summed E-state index contributed by atoms with van der Waals surface area (Å²) in [5.74, 6) is -0.367. The maximum atomic E-state index is 11.7. The Morgan fingerprint density at radius 3 is 3.07 bits per heavy atom. The summed E-state index contributed by atoms with van der Waals surface area (Å²) in [5.41, 5.74) is 0.816. The van der Waals surface area contributed by atoms with Crippen molar-refractivity contribution in [3.8, 4) is 0 Å². The summed E-state index contributed by atoms with van der Waals surface area (Å²) in [4.78, 5) is 11.7. The third kappa shape index (κ3) is 1.96. The lowest BCUT2D eigenvalue weighted by Gasteiger charge is -2.28. The Labute approximate surface area is 92.5 Å². The second kappa shape index (κ2) is 4.16. The monoisotopic (exact) mass is 226 g/mol. The number of hydrazone groups is 1. The largest absolute Gasteiger partial charge is 0.385 e. The predicted molar refractivity (Wildman–Crippen MR) is 57.4 cm³/mol. The number of alkyl halides is 1. The topological polar surface area (TPSA) is 52.9 Å². The van der Waals surface area contributed by atoms with Gasteiger partial charge in [0.05, 0.1) is 6.21 Å². The number of hydrogen-bond donors (Lipinski definition) is 1. The van der Waals surface area contributed by atoms with Gasteiger partial charge in [0, 0.05) is 5.70 Å². The van der Waals surface area contributed by atoms with Crippen molar-refractivity contribution in [3.05, 3.63) is 23.9 Å². The van der Waals surface area contributed by atoms with Crippen LogP contribution in [0.4, 0.5) is 0 Å². The number of nitrogens with zero attached hydrogens (tertiary/aromatic N) is 2. The van der Waals surface area contributed by atoms with E-state index in [1.807, 2.05) is 18.2 Å². The number of amides is 1. The number of rotatable bonds is 1. The highest BCUT2D eigenvalue weighted by Gasteiger charge is 2.33. The molecule has 4 nitrogen and oxygen atoms in total. The van der Waals surface area contributed by atoms with Gasteiger partial charge in [-0.05, 0) is 18.9 Å². The van der Waals surface area contributed by atoms with Gasteiger partial charge in [-0.1, -0.05) is 12.2 Å². The molecule has 0 bridgehead atoms. The lowest BCUT2D eigenvalue weighted by atomic mass is 10.1. The van der Waals surface area contributed by atoms with Crippen molar-refractivity contribution in [1.29, 1.82) is 0 Å². The number of allylic oxidation sites excluding steroid dienone is 4. The molecule has 2 unspecified atom stereocenters. The van der Waals surface area contributed by atoms with Gasteiger partial charge in [0.1, 0.15) is 11.5 Å². The van der Waals surface area contributed by atoms with E-state index in [-0.39, 0.29) is 5.91 Å². The molecule has 0 aromatic heterocycles. The molecule has 0 aromatic rings. The molecule has 2 rings (SSSR count). The van der Waals surface area contributed by atoms with Crippen molar-refractivity contribution >= 4 is 23.7 Å². The van der Waals surface area contributed by atoms with E-state index < -0.39 is 11.5 Å². The van der Waals surface area contributed by atoms with E-state index in [4.69, 9.17) is 11.6 Å². The number of hydrogen-bond acceptors (Lipinski definition) is 3. The van der Waals surface area contributed by atoms with E-state index in [9.17, 15) is 9.90 Å². The molecule has 1 aliphatic heterocycles. The Morgan fingerprint density at radius 1 is 1.60 bits per heavy atom. The zero-order valence-corrected chi connectivity index (χ0v) is 8.76. The van der Waals surface area contributed by atoms with Crippen LogP contribution in [0.15, 0.2) is 29.0 Å². The zero-order chi connectivity index (χ0) is 10.8. The molecule has 0 saturated carbocycles. The van der Waals surface area contributed by atoms with Crippen molar-refractivity contribution in [2.45, 2.75) is 24.3 Å². The van der Waals surface area contributed by atoms with E-state index in [2.05, 4.69) is 5.10 Å². The average Bonchev–Trinajstić information content (AvgIpc) is 2.27. The van der Waals surface area contributed by atoms with Crippen molar-refractivity contribution in [3.63, 3.8) is 0 Å². The lowest BCUT2D eigenvalue weighted by Crippen LogP contribution is -2.44. The minimum atomic E-state index is -0.991. The smallest absolute Gasteiger partial charge is 0.268 e. The maximum absolute atomic E-state index is 11.7. The molecular formula is C10H11ClN2O2. The standard InChI is InChI=1S/C10H11ClN2O2/c11-9-8(14)6-12-13(10(9)15)7-4-2-1-3-5-7/h1-2,4,6,8-9,14H,3,5H2. The summed E-state index contributed by atoms with van der Waals surface area (Å²) in [6.07, 6.45) is 7.69. The fraction of sp³-hybridized carbons (Fsp3) is 0.400. The summed E-state index contributed by atoms with van der Waals surface area (Å²) >= 11 is 5.75. The van der Waals surface area contributed by atoms with Crippen LogP contribution in [0.3, 0.4) is 0 Å². The molecular weight excluding hydrogens is 216 g/mol. The third-order valence-electron chi connectivity index (χ3n) is 2.34. The van der Waals surface area contributed by atoms with Crippen LogP contribution in [0.2, 0.25) is 0 Å². The fourth-order valence-corrected chi connectivity index (χ4v) is 1.67. The second-order valence-electron chi connectivity index (χ2n) is 3.43. The number of aliphatic hydroxyl groups is 1. The van der Waals surface area contributed by atoms with Gasteiger partial charge in [-0.15, -0.1) is 11.6 Å². The molecule has 2 aliphatic rings. The lowest BCUT2D eigenvalue weighted by molar-refractivity contribution is -0.131.